The molecule has 0 radical (unpaired) electrons. The van der Waals surface area contributed by atoms with Gasteiger partial charge in [-0.1, -0.05) is 6.07 Å². The van der Waals surface area contributed by atoms with Crippen molar-refractivity contribution in [3.05, 3.63) is 65.1 Å². The molecule has 0 bridgehead atoms. The molecule has 1 saturated carbocycles. The lowest BCUT2D eigenvalue weighted by molar-refractivity contribution is -0.132. The molecule has 3 unspecified atom stereocenters. The van der Waals surface area contributed by atoms with E-state index in [1.54, 1.807) is 18.2 Å². The third kappa shape index (κ3) is 5.13. The van der Waals surface area contributed by atoms with Crippen molar-refractivity contribution < 1.29 is 33.3 Å². The molecule has 7 heteroatoms. The van der Waals surface area contributed by atoms with E-state index in [4.69, 9.17) is 23.7 Å². The minimum Gasteiger partial charge on any atom is -0.497 e. The molecule has 2 aromatic rings. The summed E-state index contributed by atoms with van der Waals surface area (Å²) in [4.78, 5) is 25.7. The van der Waals surface area contributed by atoms with Gasteiger partial charge in [0, 0.05) is 12.5 Å². The van der Waals surface area contributed by atoms with Gasteiger partial charge in [0.25, 0.3) is 0 Å². The number of fused-ring (bicyclic) bond motifs is 1. The van der Waals surface area contributed by atoms with Crippen molar-refractivity contribution >= 4 is 11.8 Å². The van der Waals surface area contributed by atoms with E-state index in [0.717, 1.165) is 11.1 Å². The fourth-order valence-electron chi connectivity index (χ4n) is 4.38. The van der Waals surface area contributed by atoms with E-state index in [-0.39, 0.29) is 29.7 Å². The fraction of sp³-hybridized carbons (Fsp3) is 0.385. The number of methoxy groups -OCH3 is 2. The summed E-state index contributed by atoms with van der Waals surface area (Å²) < 4.78 is 27.9. The minimum absolute atomic E-state index is 0.0762. The van der Waals surface area contributed by atoms with Gasteiger partial charge in [0.1, 0.15) is 35.7 Å². The normalized spacial score (nSPS) is 21.9. The Bertz CT molecular complexity index is 1050. The van der Waals surface area contributed by atoms with Gasteiger partial charge in [0.15, 0.2) is 0 Å². The van der Waals surface area contributed by atoms with E-state index >= 15 is 0 Å². The topological polar surface area (TPSA) is 80.3 Å². The molecule has 3 atom stereocenters. The van der Waals surface area contributed by atoms with E-state index in [1.807, 2.05) is 32.0 Å². The molecule has 1 fully saturated rings. The summed E-state index contributed by atoms with van der Waals surface area (Å²) in [7, 11) is 3.04. The molecule has 2 aliphatic rings. The number of hydrogen-bond acceptors (Lipinski definition) is 7. The summed E-state index contributed by atoms with van der Waals surface area (Å²) in [6, 6.07) is 10.7. The Morgan fingerprint density at radius 2 is 1.58 bits per heavy atom. The quantitative estimate of drug-likeness (QED) is 0.596. The summed E-state index contributed by atoms with van der Waals surface area (Å²) in [6.45, 7) is 3.96. The first-order valence-corrected chi connectivity index (χ1v) is 11.0. The molecule has 1 aliphatic heterocycles. The third-order valence-electron chi connectivity index (χ3n) is 5.96. The maximum Gasteiger partial charge on any atom is 0.338 e. The predicted octanol–water partition coefficient (Wildman–Crippen LogP) is 4.53. The highest BCUT2D eigenvalue weighted by molar-refractivity contribution is 5.96. The second kappa shape index (κ2) is 9.57. The molecule has 0 saturated heterocycles. The van der Waals surface area contributed by atoms with Crippen LogP contribution >= 0.6 is 0 Å². The van der Waals surface area contributed by atoms with Crippen LogP contribution in [0.5, 0.6) is 17.2 Å². The highest BCUT2D eigenvalue weighted by atomic mass is 16.6. The average molecular weight is 453 g/mol. The molecule has 0 spiro atoms. The number of hydrogen-bond donors (Lipinski definition) is 0. The number of benzene rings is 2. The van der Waals surface area contributed by atoms with Gasteiger partial charge in [0.2, 0.25) is 11.5 Å². The van der Waals surface area contributed by atoms with Crippen molar-refractivity contribution in [2.75, 3.05) is 14.2 Å². The van der Waals surface area contributed by atoms with Crippen LogP contribution in [0.2, 0.25) is 0 Å². The highest BCUT2D eigenvalue weighted by Gasteiger charge is 2.42. The van der Waals surface area contributed by atoms with Crippen molar-refractivity contribution in [2.24, 2.45) is 5.92 Å². The number of Topliss-reactive ketones (excluding diaryl/α,β-unsaturated/α-hetero) is 1. The summed E-state index contributed by atoms with van der Waals surface area (Å²) in [6.07, 6.45) is 2.25. The number of aryl methyl sites for hydroxylation is 2. The number of carbonyl (C=O) groups is 2. The molecule has 2 aromatic carbocycles. The molecule has 0 aromatic heterocycles. The number of esters is 1. The molecule has 33 heavy (non-hydrogen) atoms. The van der Waals surface area contributed by atoms with Crippen LogP contribution in [0.4, 0.5) is 0 Å². The van der Waals surface area contributed by atoms with Crippen molar-refractivity contribution in [3.8, 4) is 17.2 Å². The van der Waals surface area contributed by atoms with E-state index < -0.39 is 5.97 Å². The smallest absolute Gasteiger partial charge is 0.338 e. The number of ether oxygens (including phenoxy) is 5. The summed E-state index contributed by atoms with van der Waals surface area (Å²) >= 11 is 0. The van der Waals surface area contributed by atoms with Gasteiger partial charge in [-0.25, -0.2) is 4.79 Å². The average Bonchev–Trinajstić information content (AvgIpc) is 2.80. The lowest BCUT2D eigenvalue weighted by atomic mass is 9.80. The molecule has 1 heterocycles. The van der Waals surface area contributed by atoms with Gasteiger partial charge in [-0.05, 0) is 62.1 Å². The summed E-state index contributed by atoms with van der Waals surface area (Å²) in [5, 5.41) is 0. The molecule has 7 nitrogen and oxygen atoms in total. The lowest BCUT2D eigenvalue weighted by Gasteiger charge is -2.36. The molecule has 1 aliphatic carbocycles. The Labute approximate surface area is 193 Å². The van der Waals surface area contributed by atoms with Gasteiger partial charge in [-0.2, -0.15) is 0 Å². The standard InChI is InChI=1S/C26H28O7/c1-15-7-16(2)9-21(8-15)32-24-14-31-23-13-18(5-6-22(23)25(24)27)33-26(28)17-10-19(29-3)12-20(11-17)30-4/h7-12,14,18,22-23H,5-6,13H2,1-4H3. The van der Waals surface area contributed by atoms with Gasteiger partial charge >= 0.3 is 5.97 Å². The monoisotopic (exact) mass is 452 g/mol. The Morgan fingerprint density at radius 1 is 0.909 bits per heavy atom. The lowest BCUT2D eigenvalue weighted by Crippen LogP contribution is -2.43. The van der Waals surface area contributed by atoms with Crippen molar-refractivity contribution in [2.45, 2.75) is 45.3 Å². The number of ketones is 1. The minimum atomic E-state index is -0.466. The Balaban J connectivity index is 1.40. The second-order valence-corrected chi connectivity index (χ2v) is 8.49. The van der Waals surface area contributed by atoms with E-state index in [9.17, 15) is 9.59 Å². The van der Waals surface area contributed by atoms with Crippen molar-refractivity contribution in [3.63, 3.8) is 0 Å². The zero-order valence-electron chi connectivity index (χ0n) is 19.3. The van der Waals surface area contributed by atoms with Crippen LogP contribution in [-0.4, -0.2) is 38.2 Å². The maximum atomic E-state index is 13.0. The van der Waals surface area contributed by atoms with Crippen LogP contribution < -0.4 is 14.2 Å². The second-order valence-electron chi connectivity index (χ2n) is 8.49. The van der Waals surface area contributed by atoms with Crippen LogP contribution in [0, 0.1) is 19.8 Å². The maximum absolute atomic E-state index is 13.0. The predicted molar refractivity (Wildman–Crippen MR) is 121 cm³/mol. The van der Waals surface area contributed by atoms with Crippen molar-refractivity contribution in [1.82, 2.24) is 0 Å². The number of rotatable bonds is 6. The third-order valence-corrected chi connectivity index (χ3v) is 5.96. The van der Waals surface area contributed by atoms with Crippen LogP contribution in [0.1, 0.15) is 40.7 Å². The first kappa shape index (κ1) is 22.7. The largest absolute Gasteiger partial charge is 0.497 e. The Morgan fingerprint density at radius 3 is 2.21 bits per heavy atom. The number of carbonyl (C=O) groups excluding carboxylic acids is 2. The van der Waals surface area contributed by atoms with Crippen molar-refractivity contribution in [1.29, 1.82) is 0 Å². The molecular weight excluding hydrogens is 424 g/mol. The van der Waals surface area contributed by atoms with E-state index in [2.05, 4.69) is 0 Å². The molecular formula is C26H28O7. The summed E-state index contributed by atoms with van der Waals surface area (Å²) in [5.74, 6) is 0.980. The summed E-state index contributed by atoms with van der Waals surface area (Å²) in [5.41, 5.74) is 2.46. The molecule has 0 amide bonds. The van der Waals surface area contributed by atoms with Crippen LogP contribution in [-0.2, 0) is 14.3 Å². The van der Waals surface area contributed by atoms with Crippen LogP contribution in [0.25, 0.3) is 0 Å². The fourth-order valence-corrected chi connectivity index (χ4v) is 4.38. The van der Waals surface area contributed by atoms with Gasteiger partial charge in [0.05, 0.1) is 25.7 Å². The molecule has 4 rings (SSSR count). The first-order valence-electron chi connectivity index (χ1n) is 11.0. The molecule has 0 N–H and O–H groups in total. The van der Waals surface area contributed by atoms with E-state index in [1.165, 1.54) is 20.5 Å². The zero-order chi connectivity index (χ0) is 23.5. The number of allylic oxidation sites excluding steroid dienone is 1. The van der Waals surface area contributed by atoms with Gasteiger partial charge in [-0.3, -0.25) is 4.79 Å². The van der Waals surface area contributed by atoms with Crippen LogP contribution in [0.3, 0.4) is 0 Å². The Hall–Kier alpha value is -3.48. The SMILES string of the molecule is COc1cc(OC)cc(C(=O)OC2CCC3C(=O)C(Oc4cc(C)cc(C)c4)=COC3C2)c1. The first-order chi connectivity index (χ1) is 15.9. The zero-order valence-corrected chi connectivity index (χ0v) is 19.3. The highest BCUT2D eigenvalue weighted by Crippen LogP contribution is 2.36. The Kier molecular flexibility index (Phi) is 6.58. The van der Waals surface area contributed by atoms with Gasteiger partial charge < -0.3 is 23.7 Å². The van der Waals surface area contributed by atoms with Gasteiger partial charge in [-0.15, -0.1) is 0 Å². The molecule has 174 valence electrons. The van der Waals surface area contributed by atoms with E-state index in [0.29, 0.717) is 42.1 Å². The van der Waals surface area contributed by atoms with Crippen LogP contribution in [0.15, 0.2) is 48.4 Å².